The monoisotopic (exact) mass is 318 g/mol. The molecule has 0 aromatic heterocycles. The number of hydrogen-bond acceptors (Lipinski definition) is 3. The van der Waals surface area contributed by atoms with Gasteiger partial charge in [-0.25, -0.2) is 4.79 Å². The van der Waals surface area contributed by atoms with E-state index in [9.17, 15) is 4.79 Å². The number of anilines is 1. The van der Waals surface area contributed by atoms with Crippen LogP contribution in [0.3, 0.4) is 0 Å². The number of nitrogens with two attached hydrogens (primary N) is 1. The fourth-order valence-electron chi connectivity index (χ4n) is 2.24. The topological polar surface area (TPSA) is 61.6 Å². The van der Waals surface area contributed by atoms with Crippen molar-refractivity contribution in [3.05, 3.63) is 29.3 Å². The number of benzene rings is 1. The minimum Gasteiger partial charge on any atom is -0.369 e. The lowest BCUT2D eigenvalue weighted by Crippen LogP contribution is -2.48. The Kier molecular flexibility index (Phi) is 6.91. The van der Waals surface area contributed by atoms with Crippen molar-refractivity contribution in [3.63, 3.8) is 0 Å². The number of urea groups is 1. The molecule has 1 aliphatic rings. The van der Waals surface area contributed by atoms with Crippen molar-refractivity contribution in [2.45, 2.75) is 0 Å². The summed E-state index contributed by atoms with van der Waals surface area (Å²) in [5, 5.41) is 3.38. The van der Waals surface area contributed by atoms with Gasteiger partial charge in [0.05, 0.1) is 0 Å². The van der Waals surface area contributed by atoms with Crippen LogP contribution in [0.1, 0.15) is 0 Å². The van der Waals surface area contributed by atoms with Gasteiger partial charge < -0.3 is 16.0 Å². The van der Waals surface area contributed by atoms with Crippen LogP contribution in [-0.2, 0) is 0 Å². The average Bonchev–Trinajstić information content (AvgIpc) is 2.39. The molecule has 0 radical (unpaired) electrons. The first-order valence-electron chi connectivity index (χ1n) is 6.41. The Morgan fingerprint density at radius 2 is 2.00 bits per heavy atom. The number of carbonyl (C=O) groups is 1. The maximum absolute atomic E-state index is 10.6. The van der Waals surface area contributed by atoms with E-state index in [1.165, 1.54) is 5.69 Å². The molecule has 1 aliphatic heterocycles. The Hall–Kier alpha value is -1.17. The Balaban J connectivity index is 0.00000200. The Morgan fingerprint density at radius 1 is 1.30 bits per heavy atom. The summed E-state index contributed by atoms with van der Waals surface area (Å²) in [6.07, 6.45) is 0. The van der Waals surface area contributed by atoms with Crippen LogP contribution in [-0.4, -0.2) is 50.2 Å². The number of amides is 2. The summed E-state index contributed by atoms with van der Waals surface area (Å²) in [7, 11) is 0. The van der Waals surface area contributed by atoms with Crippen molar-refractivity contribution in [2.75, 3.05) is 44.2 Å². The van der Waals surface area contributed by atoms with Crippen LogP contribution in [0.15, 0.2) is 24.3 Å². The van der Waals surface area contributed by atoms with Crippen LogP contribution in [0.2, 0.25) is 5.02 Å². The van der Waals surface area contributed by atoms with Crippen molar-refractivity contribution in [1.29, 1.82) is 0 Å². The minimum absolute atomic E-state index is 0. The molecular weight excluding hydrogens is 299 g/mol. The number of rotatable bonds is 4. The number of nitrogens with one attached hydrogen (secondary N) is 1. The third kappa shape index (κ3) is 5.07. The molecule has 1 aromatic rings. The van der Waals surface area contributed by atoms with Gasteiger partial charge in [-0.1, -0.05) is 17.7 Å². The molecule has 1 heterocycles. The number of piperazine rings is 1. The van der Waals surface area contributed by atoms with Crippen LogP contribution in [0.4, 0.5) is 10.5 Å². The molecule has 0 unspecified atom stereocenters. The lowest BCUT2D eigenvalue weighted by Gasteiger charge is -2.36. The van der Waals surface area contributed by atoms with E-state index >= 15 is 0 Å². The first-order valence-corrected chi connectivity index (χ1v) is 6.79. The maximum Gasteiger partial charge on any atom is 0.312 e. The van der Waals surface area contributed by atoms with Gasteiger partial charge >= 0.3 is 6.03 Å². The fourth-order valence-corrected chi connectivity index (χ4v) is 2.42. The minimum atomic E-state index is -0.461. The molecule has 0 spiro atoms. The number of halogens is 2. The van der Waals surface area contributed by atoms with Gasteiger partial charge in [-0.2, -0.15) is 0 Å². The summed E-state index contributed by atoms with van der Waals surface area (Å²) in [5.74, 6) is 0. The van der Waals surface area contributed by atoms with E-state index in [-0.39, 0.29) is 12.4 Å². The molecule has 1 saturated heterocycles. The zero-order valence-electron chi connectivity index (χ0n) is 11.2. The smallest absolute Gasteiger partial charge is 0.312 e. The molecule has 20 heavy (non-hydrogen) atoms. The largest absolute Gasteiger partial charge is 0.369 e. The lowest BCUT2D eigenvalue weighted by atomic mass is 10.2. The summed E-state index contributed by atoms with van der Waals surface area (Å²) >= 11 is 6.00. The SMILES string of the molecule is Cl.NC(=O)NCCN1CCN(c2cccc(Cl)c2)CC1. The van der Waals surface area contributed by atoms with Gasteiger partial charge in [0, 0.05) is 50.0 Å². The van der Waals surface area contributed by atoms with Crippen LogP contribution >= 0.6 is 24.0 Å². The summed E-state index contributed by atoms with van der Waals surface area (Å²) < 4.78 is 0. The molecule has 1 aromatic carbocycles. The van der Waals surface area contributed by atoms with Gasteiger partial charge in [-0.05, 0) is 18.2 Å². The fraction of sp³-hybridized carbons (Fsp3) is 0.462. The number of hydrogen-bond donors (Lipinski definition) is 2. The summed E-state index contributed by atoms with van der Waals surface area (Å²) in [6.45, 7) is 5.34. The Labute approximate surface area is 130 Å². The summed E-state index contributed by atoms with van der Waals surface area (Å²) in [4.78, 5) is 15.2. The average molecular weight is 319 g/mol. The van der Waals surface area contributed by atoms with Crippen molar-refractivity contribution < 1.29 is 4.79 Å². The van der Waals surface area contributed by atoms with Gasteiger partial charge in [-0.3, -0.25) is 4.90 Å². The molecule has 3 N–H and O–H groups in total. The van der Waals surface area contributed by atoms with Crippen molar-refractivity contribution >= 4 is 35.7 Å². The Bertz CT molecular complexity index is 436. The third-order valence-electron chi connectivity index (χ3n) is 3.27. The molecule has 1 fully saturated rings. The number of nitrogens with zero attached hydrogens (tertiary/aromatic N) is 2. The molecule has 7 heteroatoms. The first kappa shape index (κ1) is 16.9. The highest BCUT2D eigenvalue weighted by Crippen LogP contribution is 2.20. The lowest BCUT2D eigenvalue weighted by molar-refractivity contribution is 0.238. The molecule has 0 bridgehead atoms. The molecule has 2 rings (SSSR count). The van der Waals surface area contributed by atoms with Crippen molar-refractivity contribution in [3.8, 4) is 0 Å². The molecule has 2 amide bonds. The van der Waals surface area contributed by atoms with E-state index in [0.29, 0.717) is 6.54 Å². The van der Waals surface area contributed by atoms with E-state index in [2.05, 4.69) is 21.2 Å². The van der Waals surface area contributed by atoms with Gasteiger partial charge in [0.25, 0.3) is 0 Å². The van der Waals surface area contributed by atoms with Crippen LogP contribution in [0.5, 0.6) is 0 Å². The highest BCUT2D eigenvalue weighted by molar-refractivity contribution is 6.30. The predicted molar refractivity (Wildman–Crippen MR) is 84.9 cm³/mol. The van der Waals surface area contributed by atoms with Crippen molar-refractivity contribution in [1.82, 2.24) is 10.2 Å². The van der Waals surface area contributed by atoms with Crippen molar-refractivity contribution in [2.24, 2.45) is 5.73 Å². The second-order valence-electron chi connectivity index (χ2n) is 4.60. The summed E-state index contributed by atoms with van der Waals surface area (Å²) in [5.41, 5.74) is 6.20. The quantitative estimate of drug-likeness (QED) is 0.885. The van der Waals surface area contributed by atoms with Crippen LogP contribution in [0.25, 0.3) is 0 Å². The third-order valence-corrected chi connectivity index (χ3v) is 3.51. The van der Waals surface area contributed by atoms with E-state index in [4.69, 9.17) is 17.3 Å². The van der Waals surface area contributed by atoms with E-state index in [0.717, 1.165) is 37.7 Å². The van der Waals surface area contributed by atoms with Gasteiger partial charge in [0.1, 0.15) is 0 Å². The maximum atomic E-state index is 10.6. The van der Waals surface area contributed by atoms with Gasteiger partial charge in [0.15, 0.2) is 0 Å². The molecule has 0 aliphatic carbocycles. The van der Waals surface area contributed by atoms with E-state index < -0.39 is 6.03 Å². The van der Waals surface area contributed by atoms with Crippen LogP contribution < -0.4 is 16.0 Å². The zero-order valence-corrected chi connectivity index (χ0v) is 12.8. The second-order valence-corrected chi connectivity index (χ2v) is 5.04. The standard InChI is InChI=1S/C13H19ClN4O.ClH/c14-11-2-1-3-12(10-11)18-8-6-17(7-9-18)5-4-16-13(15)19;/h1-3,10H,4-9H2,(H3,15,16,19);1H. The highest BCUT2D eigenvalue weighted by atomic mass is 35.5. The Morgan fingerprint density at radius 3 is 2.60 bits per heavy atom. The van der Waals surface area contributed by atoms with Gasteiger partial charge in [-0.15, -0.1) is 12.4 Å². The molecule has 112 valence electrons. The number of carbonyl (C=O) groups excluding carboxylic acids is 1. The molecule has 0 atom stereocenters. The molecular formula is C13H20Cl2N4O. The summed E-state index contributed by atoms with van der Waals surface area (Å²) in [6, 6.07) is 7.47. The molecule has 0 saturated carbocycles. The first-order chi connectivity index (χ1) is 9.15. The number of primary amides is 1. The van der Waals surface area contributed by atoms with E-state index in [1.807, 2.05) is 18.2 Å². The van der Waals surface area contributed by atoms with Gasteiger partial charge in [0.2, 0.25) is 0 Å². The predicted octanol–water partition coefficient (Wildman–Crippen LogP) is 1.55. The normalized spacial score (nSPS) is 15.6. The van der Waals surface area contributed by atoms with E-state index in [1.54, 1.807) is 0 Å². The zero-order chi connectivity index (χ0) is 13.7. The molecule has 5 nitrogen and oxygen atoms in total. The van der Waals surface area contributed by atoms with Crippen LogP contribution in [0, 0.1) is 0 Å². The second kappa shape index (κ2) is 8.19. The highest BCUT2D eigenvalue weighted by Gasteiger charge is 2.16.